The lowest BCUT2D eigenvalue weighted by Gasteiger charge is -2.38. The lowest BCUT2D eigenvalue weighted by Crippen LogP contribution is -2.60. The number of rotatable bonds is 9. The molecule has 1 aliphatic carbocycles. The van der Waals surface area contributed by atoms with Crippen LogP contribution in [0.2, 0.25) is 5.54 Å². The topological polar surface area (TPSA) is 30.5 Å². The first-order chi connectivity index (χ1) is 8.79. The molecule has 0 aromatic rings. The molecule has 0 atom stereocenters. The molecular weight excluding hydrogens is 242 g/mol. The monoisotopic (exact) mass is 273 g/mol. The van der Waals surface area contributed by atoms with Crippen LogP contribution in [0.3, 0.4) is 0 Å². The summed E-state index contributed by atoms with van der Waals surface area (Å²) in [5.74, 6) is 0. The molecule has 1 aliphatic rings. The fourth-order valence-corrected chi connectivity index (χ4v) is 6.47. The van der Waals surface area contributed by atoms with E-state index in [1.807, 2.05) is 0 Å². The summed E-state index contributed by atoms with van der Waals surface area (Å²) < 4.78 is 12.3. The summed E-state index contributed by atoms with van der Waals surface area (Å²) >= 11 is 0. The highest BCUT2D eigenvalue weighted by atomic mass is 28.4. The van der Waals surface area contributed by atoms with Gasteiger partial charge in [-0.3, -0.25) is 4.98 Å². The van der Waals surface area contributed by atoms with Crippen LogP contribution >= 0.6 is 0 Å². The van der Waals surface area contributed by atoms with Gasteiger partial charge in [0.15, 0.2) is 0 Å². The van der Waals surface area contributed by atoms with E-state index in [0.717, 1.165) is 19.8 Å². The Morgan fingerprint density at radius 2 is 1.61 bits per heavy atom. The van der Waals surface area contributed by atoms with Crippen molar-refractivity contribution in [3.05, 3.63) is 0 Å². The van der Waals surface area contributed by atoms with Crippen molar-refractivity contribution >= 4 is 8.72 Å². The van der Waals surface area contributed by atoms with E-state index >= 15 is 0 Å². The quantitative estimate of drug-likeness (QED) is 0.513. The lowest BCUT2D eigenvalue weighted by atomic mass is 10.0. The maximum Gasteiger partial charge on any atom is 0.428 e. The second kappa shape index (κ2) is 9.07. The van der Waals surface area contributed by atoms with Gasteiger partial charge < -0.3 is 8.85 Å². The molecule has 0 aromatic heterocycles. The minimum Gasteiger partial charge on any atom is -0.383 e. The van der Waals surface area contributed by atoms with E-state index in [9.17, 15) is 0 Å². The van der Waals surface area contributed by atoms with Gasteiger partial charge in [-0.2, -0.15) is 0 Å². The van der Waals surface area contributed by atoms with Crippen LogP contribution in [0.1, 0.15) is 65.7 Å². The van der Waals surface area contributed by atoms with Gasteiger partial charge in [0, 0.05) is 18.8 Å². The highest BCUT2D eigenvalue weighted by Gasteiger charge is 2.46. The van der Waals surface area contributed by atoms with Crippen LogP contribution in [0, 0.1) is 0 Å². The smallest absolute Gasteiger partial charge is 0.383 e. The maximum absolute atomic E-state index is 6.16. The Bertz CT molecular complexity index is 202. The van der Waals surface area contributed by atoms with Gasteiger partial charge in [0.05, 0.1) is 0 Å². The highest BCUT2D eigenvalue weighted by molar-refractivity contribution is 6.66. The third-order valence-corrected chi connectivity index (χ3v) is 7.59. The average Bonchev–Trinajstić information content (AvgIpc) is 2.40. The van der Waals surface area contributed by atoms with E-state index in [2.05, 4.69) is 25.8 Å². The molecule has 0 radical (unpaired) electrons. The molecule has 108 valence electrons. The van der Waals surface area contributed by atoms with Crippen LogP contribution in [0.15, 0.2) is 0 Å². The van der Waals surface area contributed by atoms with Crippen LogP contribution < -0.4 is 4.98 Å². The molecule has 0 bridgehead atoms. The fourth-order valence-electron chi connectivity index (χ4n) is 2.87. The van der Waals surface area contributed by atoms with Crippen molar-refractivity contribution in [1.82, 2.24) is 4.98 Å². The minimum atomic E-state index is -2.18. The Morgan fingerprint density at radius 1 is 1.00 bits per heavy atom. The van der Waals surface area contributed by atoms with Gasteiger partial charge >= 0.3 is 8.72 Å². The van der Waals surface area contributed by atoms with Crippen LogP contribution in [-0.2, 0) is 8.85 Å². The largest absolute Gasteiger partial charge is 0.428 e. The van der Waals surface area contributed by atoms with Crippen LogP contribution in [0.5, 0.6) is 0 Å². The third kappa shape index (κ3) is 4.65. The highest BCUT2D eigenvalue weighted by Crippen LogP contribution is 2.36. The molecule has 3 nitrogen and oxygen atoms in total. The van der Waals surface area contributed by atoms with E-state index in [-0.39, 0.29) is 0 Å². The number of hydrogen-bond donors (Lipinski definition) is 1. The standard InChI is InChI=1S/C14H31NO2Si/c1-4-7-13-15-18(16-5-2,17-6-3)14-11-9-8-10-12-14/h14-15H,4-13H2,1-3H3. The summed E-state index contributed by atoms with van der Waals surface area (Å²) in [7, 11) is -2.18. The van der Waals surface area contributed by atoms with E-state index in [1.54, 1.807) is 0 Å². The van der Waals surface area contributed by atoms with Crippen molar-refractivity contribution in [2.45, 2.75) is 71.3 Å². The second-order valence-electron chi connectivity index (χ2n) is 5.15. The van der Waals surface area contributed by atoms with Crippen molar-refractivity contribution in [2.24, 2.45) is 0 Å². The van der Waals surface area contributed by atoms with Crippen molar-refractivity contribution in [2.75, 3.05) is 19.8 Å². The molecule has 0 spiro atoms. The summed E-state index contributed by atoms with van der Waals surface area (Å²) in [6.07, 6.45) is 9.07. The van der Waals surface area contributed by atoms with Crippen molar-refractivity contribution in [3.63, 3.8) is 0 Å². The van der Waals surface area contributed by atoms with E-state index in [1.165, 1.54) is 44.9 Å². The van der Waals surface area contributed by atoms with E-state index in [0.29, 0.717) is 5.54 Å². The third-order valence-electron chi connectivity index (χ3n) is 3.76. The van der Waals surface area contributed by atoms with E-state index < -0.39 is 8.72 Å². The van der Waals surface area contributed by atoms with Gasteiger partial charge in [-0.05, 0) is 39.7 Å². The molecule has 0 aromatic carbocycles. The van der Waals surface area contributed by atoms with Crippen molar-refractivity contribution in [1.29, 1.82) is 0 Å². The number of hydrogen-bond acceptors (Lipinski definition) is 3. The molecule has 1 N–H and O–H groups in total. The molecule has 1 saturated carbocycles. The number of unbranched alkanes of at least 4 members (excludes halogenated alkanes) is 1. The Balaban J connectivity index is 2.66. The molecule has 1 rings (SSSR count). The van der Waals surface area contributed by atoms with E-state index in [4.69, 9.17) is 8.85 Å². The second-order valence-corrected chi connectivity index (χ2v) is 8.23. The molecule has 0 saturated heterocycles. The van der Waals surface area contributed by atoms with Crippen LogP contribution in [0.4, 0.5) is 0 Å². The van der Waals surface area contributed by atoms with Crippen molar-refractivity contribution in [3.8, 4) is 0 Å². The Kier molecular flexibility index (Phi) is 8.14. The van der Waals surface area contributed by atoms with Gasteiger partial charge in [-0.1, -0.05) is 32.6 Å². The first-order valence-electron chi connectivity index (χ1n) is 7.82. The lowest BCUT2D eigenvalue weighted by molar-refractivity contribution is 0.152. The Morgan fingerprint density at radius 3 is 2.11 bits per heavy atom. The van der Waals surface area contributed by atoms with Gasteiger partial charge in [-0.25, -0.2) is 0 Å². The Hall–Kier alpha value is 0.0969. The molecule has 18 heavy (non-hydrogen) atoms. The SMILES string of the molecule is CCCCN[Si](OCC)(OCC)C1CCCCC1. The molecule has 0 heterocycles. The zero-order chi connectivity index (χ0) is 13.3. The molecular formula is C14H31NO2Si. The summed E-state index contributed by atoms with van der Waals surface area (Å²) in [5.41, 5.74) is 0.642. The molecule has 4 heteroatoms. The summed E-state index contributed by atoms with van der Waals surface area (Å²) in [6, 6.07) is 0. The predicted molar refractivity (Wildman–Crippen MR) is 78.8 cm³/mol. The van der Waals surface area contributed by atoms with Gasteiger partial charge in [0.25, 0.3) is 0 Å². The number of nitrogens with one attached hydrogen (secondary N) is 1. The van der Waals surface area contributed by atoms with Crippen LogP contribution in [-0.4, -0.2) is 28.5 Å². The fraction of sp³-hybridized carbons (Fsp3) is 1.00. The minimum absolute atomic E-state index is 0.642. The molecule has 1 fully saturated rings. The van der Waals surface area contributed by atoms with Gasteiger partial charge in [0.1, 0.15) is 0 Å². The normalized spacial score (nSPS) is 18.2. The van der Waals surface area contributed by atoms with Crippen molar-refractivity contribution < 1.29 is 8.85 Å². The summed E-state index contributed by atoms with van der Waals surface area (Å²) in [4.78, 5) is 3.70. The average molecular weight is 273 g/mol. The summed E-state index contributed by atoms with van der Waals surface area (Å²) in [6.45, 7) is 8.98. The Labute approximate surface area is 114 Å². The first kappa shape index (κ1) is 16.2. The maximum atomic E-state index is 6.16. The van der Waals surface area contributed by atoms with Gasteiger partial charge in [0.2, 0.25) is 0 Å². The molecule has 0 amide bonds. The zero-order valence-corrected chi connectivity index (χ0v) is 13.5. The molecule has 0 aliphatic heterocycles. The first-order valence-corrected chi connectivity index (χ1v) is 9.71. The van der Waals surface area contributed by atoms with Crippen LogP contribution in [0.25, 0.3) is 0 Å². The predicted octanol–water partition coefficient (Wildman–Crippen LogP) is 3.72. The summed E-state index contributed by atoms with van der Waals surface area (Å²) in [5, 5.41) is 0. The molecule has 0 unspecified atom stereocenters. The van der Waals surface area contributed by atoms with Gasteiger partial charge in [-0.15, -0.1) is 0 Å². The zero-order valence-electron chi connectivity index (χ0n) is 12.5.